The molecule has 0 spiro atoms. The summed E-state index contributed by atoms with van der Waals surface area (Å²) in [5.41, 5.74) is 0.0357. The molecule has 2 nitrogen and oxygen atoms in total. The van der Waals surface area contributed by atoms with E-state index in [0.717, 1.165) is 6.07 Å². The van der Waals surface area contributed by atoms with E-state index in [4.69, 9.17) is 0 Å². The molecule has 20 heavy (non-hydrogen) atoms. The van der Waals surface area contributed by atoms with Gasteiger partial charge < -0.3 is 4.55 Å². The van der Waals surface area contributed by atoms with Gasteiger partial charge in [-0.3, -0.25) is 0 Å². The van der Waals surface area contributed by atoms with Crippen LogP contribution in [0.1, 0.15) is 50.4 Å². The molecule has 1 aromatic carbocycles. The van der Waals surface area contributed by atoms with E-state index in [-0.39, 0.29) is 5.56 Å². The van der Waals surface area contributed by atoms with E-state index in [1.54, 1.807) is 13.0 Å². The van der Waals surface area contributed by atoms with Gasteiger partial charge in [0.15, 0.2) is 0 Å². The highest BCUT2D eigenvalue weighted by molar-refractivity contribution is 7.90. The van der Waals surface area contributed by atoms with Crippen LogP contribution in [-0.4, -0.2) is 9.30 Å². The first-order chi connectivity index (χ1) is 8.94. The van der Waals surface area contributed by atoms with Gasteiger partial charge in [0, 0.05) is 11.4 Å². The summed E-state index contributed by atoms with van der Waals surface area (Å²) >= 11 is -1.34. The van der Waals surface area contributed by atoms with Gasteiger partial charge in [-0.25, -0.2) is 0 Å². The van der Waals surface area contributed by atoms with E-state index in [1.807, 2.05) is 20.8 Å². The molecule has 0 aliphatic heterocycles. The maximum absolute atomic E-state index is 12.9. The summed E-state index contributed by atoms with van der Waals surface area (Å²) < 4.78 is 53.0. The maximum atomic E-state index is 12.9. The fourth-order valence-corrected chi connectivity index (χ4v) is 2.63. The van der Waals surface area contributed by atoms with Crippen molar-refractivity contribution in [2.75, 3.05) is 0 Å². The Labute approximate surface area is 121 Å². The molecule has 2 atom stereocenters. The Bertz CT molecular complexity index is 468. The van der Waals surface area contributed by atoms with Crippen molar-refractivity contribution in [3.63, 3.8) is 0 Å². The second-order valence-corrected chi connectivity index (χ2v) is 7.74. The smallest absolute Gasteiger partial charge is 0.416 e. The SMILES string of the molecule is Cc1c(C(C)N[S@@+]([O-])C(C)(C)C)cccc1C(F)(F)F. The van der Waals surface area contributed by atoms with Crippen LogP contribution in [0.2, 0.25) is 0 Å². The van der Waals surface area contributed by atoms with Crippen LogP contribution in [0.15, 0.2) is 18.2 Å². The third-order valence-electron chi connectivity index (χ3n) is 2.99. The summed E-state index contributed by atoms with van der Waals surface area (Å²) in [5.74, 6) is 0. The summed E-state index contributed by atoms with van der Waals surface area (Å²) in [4.78, 5) is 0. The molecule has 0 aliphatic carbocycles. The van der Waals surface area contributed by atoms with E-state index in [2.05, 4.69) is 4.72 Å². The standard InChI is InChI=1S/C14H20F3NOS/c1-9-11(7-6-8-12(9)14(15,16)17)10(2)18-20(19)13(3,4)5/h6-8,10,18H,1-5H3/t10?,20-/m0/s1. The van der Waals surface area contributed by atoms with Gasteiger partial charge in [0.1, 0.15) is 4.75 Å². The lowest BCUT2D eigenvalue weighted by molar-refractivity contribution is -0.138. The topological polar surface area (TPSA) is 35.1 Å². The molecule has 6 heteroatoms. The molecule has 0 amide bonds. The molecule has 0 saturated carbocycles. The van der Waals surface area contributed by atoms with E-state index in [9.17, 15) is 17.7 Å². The Kier molecular flexibility index (Phi) is 5.16. The lowest BCUT2D eigenvalue weighted by atomic mass is 9.98. The predicted octanol–water partition coefficient (Wildman–Crippen LogP) is 4.13. The second kappa shape index (κ2) is 5.95. The van der Waals surface area contributed by atoms with Crippen LogP contribution < -0.4 is 4.72 Å². The molecule has 0 radical (unpaired) electrons. The summed E-state index contributed by atoms with van der Waals surface area (Å²) in [5, 5.41) is 0. The van der Waals surface area contributed by atoms with Crippen molar-refractivity contribution in [1.29, 1.82) is 0 Å². The molecular formula is C14H20F3NOS. The Morgan fingerprint density at radius 3 is 2.20 bits per heavy atom. The van der Waals surface area contributed by atoms with Gasteiger partial charge in [0.05, 0.1) is 11.6 Å². The van der Waals surface area contributed by atoms with Crippen LogP contribution in [0.4, 0.5) is 13.2 Å². The number of hydrogen-bond acceptors (Lipinski definition) is 2. The highest BCUT2D eigenvalue weighted by Gasteiger charge is 2.34. The summed E-state index contributed by atoms with van der Waals surface area (Å²) in [7, 11) is 0. The molecular weight excluding hydrogens is 287 g/mol. The fraction of sp³-hybridized carbons (Fsp3) is 0.571. The predicted molar refractivity (Wildman–Crippen MR) is 75.6 cm³/mol. The van der Waals surface area contributed by atoms with E-state index < -0.39 is 33.9 Å². The lowest BCUT2D eigenvalue weighted by Gasteiger charge is -2.27. The minimum atomic E-state index is -4.37. The van der Waals surface area contributed by atoms with Crippen molar-refractivity contribution in [2.45, 2.75) is 51.6 Å². The normalized spacial score (nSPS) is 16.1. The molecule has 0 aliphatic rings. The zero-order valence-corrected chi connectivity index (χ0v) is 13.1. The van der Waals surface area contributed by atoms with E-state index >= 15 is 0 Å². The van der Waals surface area contributed by atoms with Crippen LogP contribution in [0.5, 0.6) is 0 Å². The van der Waals surface area contributed by atoms with Gasteiger partial charge in [0.25, 0.3) is 0 Å². The lowest BCUT2D eigenvalue weighted by Crippen LogP contribution is -2.40. The van der Waals surface area contributed by atoms with E-state index in [1.165, 1.54) is 13.0 Å². The highest BCUT2D eigenvalue weighted by atomic mass is 32.2. The molecule has 0 aromatic heterocycles. The average molecular weight is 307 g/mol. The zero-order chi connectivity index (χ0) is 15.7. The van der Waals surface area contributed by atoms with Crippen LogP contribution >= 0.6 is 0 Å². The maximum Gasteiger partial charge on any atom is 0.416 e. The number of halogens is 3. The first kappa shape index (κ1) is 17.3. The Balaban J connectivity index is 3.03. The third-order valence-corrected chi connectivity index (χ3v) is 4.67. The molecule has 0 fully saturated rings. The van der Waals surface area contributed by atoms with Gasteiger partial charge in [-0.15, -0.1) is 4.72 Å². The molecule has 1 unspecified atom stereocenters. The number of nitrogens with one attached hydrogen (secondary N) is 1. The van der Waals surface area contributed by atoms with Crippen molar-refractivity contribution < 1.29 is 17.7 Å². The molecule has 0 bridgehead atoms. The average Bonchev–Trinajstić information content (AvgIpc) is 2.26. The van der Waals surface area contributed by atoms with Gasteiger partial charge >= 0.3 is 6.18 Å². The zero-order valence-electron chi connectivity index (χ0n) is 12.3. The van der Waals surface area contributed by atoms with Gasteiger partial charge in [-0.1, -0.05) is 12.1 Å². The number of benzene rings is 1. The van der Waals surface area contributed by atoms with Crippen molar-refractivity contribution >= 4 is 11.4 Å². The molecule has 1 aromatic rings. The van der Waals surface area contributed by atoms with Crippen LogP contribution in [0.25, 0.3) is 0 Å². The van der Waals surface area contributed by atoms with Gasteiger partial charge in [-0.2, -0.15) is 13.2 Å². The molecule has 114 valence electrons. The van der Waals surface area contributed by atoms with Crippen LogP contribution in [0, 0.1) is 6.92 Å². The monoisotopic (exact) mass is 307 g/mol. The number of hydrogen-bond donors (Lipinski definition) is 1. The quantitative estimate of drug-likeness (QED) is 0.852. The Hall–Kier alpha value is -0.720. The van der Waals surface area contributed by atoms with Crippen LogP contribution in [-0.2, 0) is 17.5 Å². The minimum Gasteiger partial charge on any atom is -0.598 e. The van der Waals surface area contributed by atoms with Crippen LogP contribution in [0.3, 0.4) is 0 Å². The van der Waals surface area contributed by atoms with Crippen molar-refractivity contribution in [3.05, 3.63) is 34.9 Å². The Morgan fingerprint density at radius 2 is 1.75 bits per heavy atom. The fourth-order valence-electron chi connectivity index (χ4n) is 1.83. The summed E-state index contributed by atoms with van der Waals surface area (Å²) in [6.45, 7) is 8.58. The Morgan fingerprint density at radius 1 is 1.20 bits per heavy atom. The largest absolute Gasteiger partial charge is 0.598 e. The van der Waals surface area contributed by atoms with Gasteiger partial charge in [-0.05, 0) is 51.8 Å². The highest BCUT2D eigenvalue weighted by Crippen LogP contribution is 2.34. The number of alkyl halides is 3. The van der Waals surface area contributed by atoms with E-state index in [0.29, 0.717) is 5.56 Å². The third kappa shape index (κ3) is 4.14. The molecule has 1 rings (SSSR count). The van der Waals surface area contributed by atoms with Gasteiger partial charge in [0.2, 0.25) is 0 Å². The van der Waals surface area contributed by atoms with Crippen molar-refractivity contribution in [1.82, 2.24) is 4.72 Å². The molecule has 1 N–H and O–H groups in total. The second-order valence-electron chi connectivity index (χ2n) is 5.74. The number of rotatable bonds is 3. The van der Waals surface area contributed by atoms with Crippen molar-refractivity contribution in [2.24, 2.45) is 0 Å². The summed E-state index contributed by atoms with van der Waals surface area (Å²) in [6, 6.07) is 3.65. The first-order valence-electron chi connectivity index (χ1n) is 6.29. The molecule has 0 heterocycles. The first-order valence-corrected chi connectivity index (χ1v) is 7.44. The summed E-state index contributed by atoms with van der Waals surface area (Å²) in [6.07, 6.45) is -4.37. The minimum absolute atomic E-state index is 0.172. The molecule has 0 saturated heterocycles. The van der Waals surface area contributed by atoms with Crippen molar-refractivity contribution in [3.8, 4) is 0 Å².